The van der Waals surface area contributed by atoms with Crippen LogP contribution in [0.2, 0.25) is 0 Å². The van der Waals surface area contributed by atoms with Crippen molar-refractivity contribution in [2.24, 2.45) is 0 Å². The second-order valence-corrected chi connectivity index (χ2v) is 3.35. The van der Waals surface area contributed by atoms with Gasteiger partial charge in [-0.3, -0.25) is 4.79 Å². The molecule has 0 aromatic carbocycles. The van der Waals surface area contributed by atoms with Crippen molar-refractivity contribution in [1.82, 2.24) is 4.98 Å². The second kappa shape index (κ2) is 5.34. The van der Waals surface area contributed by atoms with Gasteiger partial charge < -0.3 is 9.72 Å². The van der Waals surface area contributed by atoms with Gasteiger partial charge in [-0.25, -0.2) is 4.79 Å². The van der Waals surface area contributed by atoms with Crippen LogP contribution in [0, 0.1) is 0 Å². The Hall–Kier alpha value is -1.58. The lowest BCUT2D eigenvalue weighted by Crippen LogP contribution is -2.06. The maximum absolute atomic E-state index is 11.4. The highest BCUT2D eigenvalue weighted by Gasteiger charge is 2.11. The number of carbonyl (C=O) groups is 2. The zero-order chi connectivity index (χ0) is 11.3. The first-order valence-electron chi connectivity index (χ1n) is 5.01. The van der Waals surface area contributed by atoms with Crippen LogP contribution < -0.4 is 0 Å². The zero-order valence-corrected chi connectivity index (χ0v) is 9.00. The number of nitrogens with one attached hydrogen (secondary N) is 1. The van der Waals surface area contributed by atoms with Gasteiger partial charge in [-0.2, -0.15) is 0 Å². The monoisotopic (exact) mass is 209 g/mol. The van der Waals surface area contributed by atoms with Gasteiger partial charge in [-0.1, -0.05) is 13.3 Å². The molecule has 0 unspecified atom stereocenters. The highest BCUT2D eigenvalue weighted by Crippen LogP contribution is 2.06. The van der Waals surface area contributed by atoms with Crippen LogP contribution in [0.3, 0.4) is 0 Å². The third kappa shape index (κ3) is 3.23. The summed E-state index contributed by atoms with van der Waals surface area (Å²) in [6.07, 6.45) is 3.35. The summed E-state index contributed by atoms with van der Waals surface area (Å²) in [6, 6.07) is 1.51. The first-order valence-corrected chi connectivity index (χ1v) is 5.01. The van der Waals surface area contributed by atoms with Gasteiger partial charge >= 0.3 is 5.97 Å². The van der Waals surface area contributed by atoms with E-state index < -0.39 is 5.97 Å². The molecule has 1 aromatic rings. The quantitative estimate of drug-likeness (QED) is 0.459. The van der Waals surface area contributed by atoms with Gasteiger partial charge in [-0.15, -0.1) is 0 Å². The predicted molar refractivity (Wildman–Crippen MR) is 56.0 cm³/mol. The Morgan fingerprint density at radius 3 is 2.73 bits per heavy atom. The maximum atomic E-state index is 11.4. The number of ether oxygens (including phenoxy) is 1. The summed E-state index contributed by atoms with van der Waals surface area (Å²) < 4.78 is 4.98. The lowest BCUT2D eigenvalue weighted by Gasteiger charge is -2.00. The van der Waals surface area contributed by atoms with Gasteiger partial charge in [0.2, 0.25) is 0 Å². The predicted octanol–water partition coefficient (Wildman–Crippen LogP) is 2.17. The summed E-state index contributed by atoms with van der Waals surface area (Å²) >= 11 is 0. The number of Topliss-reactive ketones (excluding diaryl/α,β-unsaturated/α-hetero) is 1. The molecule has 1 rings (SSSR count). The first kappa shape index (κ1) is 11.5. The van der Waals surface area contributed by atoms with E-state index in [1.54, 1.807) is 0 Å². The number of rotatable bonds is 5. The van der Waals surface area contributed by atoms with Crippen LogP contribution in [0.4, 0.5) is 0 Å². The molecule has 0 amide bonds. The Kier molecular flexibility index (Phi) is 4.09. The molecule has 82 valence electrons. The van der Waals surface area contributed by atoms with E-state index in [0.29, 0.717) is 17.9 Å². The molecule has 0 fully saturated rings. The second-order valence-electron chi connectivity index (χ2n) is 3.35. The van der Waals surface area contributed by atoms with Crippen molar-refractivity contribution >= 4 is 11.8 Å². The minimum Gasteiger partial charge on any atom is -0.461 e. The van der Waals surface area contributed by atoms with E-state index in [1.165, 1.54) is 19.2 Å². The van der Waals surface area contributed by atoms with Crippen molar-refractivity contribution < 1.29 is 14.3 Å². The fourth-order valence-electron chi connectivity index (χ4n) is 1.10. The summed E-state index contributed by atoms with van der Waals surface area (Å²) in [4.78, 5) is 25.1. The Balaban J connectivity index is 2.54. The van der Waals surface area contributed by atoms with Gasteiger partial charge in [0.25, 0.3) is 0 Å². The molecule has 4 nitrogen and oxygen atoms in total. The van der Waals surface area contributed by atoms with E-state index in [9.17, 15) is 9.59 Å². The smallest absolute Gasteiger partial charge is 0.354 e. The number of aromatic nitrogens is 1. The van der Waals surface area contributed by atoms with E-state index in [4.69, 9.17) is 4.74 Å². The SMILES string of the molecule is CCCCOC(=O)c1cc(C(C)=O)c[nH]1. The van der Waals surface area contributed by atoms with E-state index in [2.05, 4.69) is 4.98 Å². The molecule has 15 heavy (non-hydrogen) atoms. The lowest BCUT2D eigenvalue weighted by molar-refractivity contribution is 0.0493. The fourth-order valence-corrected chi connectivity index (χ4v) is 1.10. The lowest BCUT2D eigenvalue weighted by atomic mass is 10.2. The van der Waals surface area contributed by atoms with Gasteiger partial charge in [0.15, 0.2) is 5.78 Å². The van der Waals surface area contributed by atoms with Crippen molar-refractivity contribution in [3.63, 3.8) is 0 Å². The highest BCUT2D eigenvalue weighted by molar-refractivity contribution is 5.97. The number of ketones is 1. The Bertz CT molecular complexity index is 354. The van der Waals surface area contributed by atoms with Crippen molar-refractivity contribution in [2.75, 3.05) is 6.61 Å². The molecule has 0 saturated carbocycles. The van der Waals surface area contributed by atoms with Crippen LogP contribution in [0.15, 0.2) is 12.3 Å². The molecule has 0 saturated heterocycles. The molecule has 0 bridgehead atoms. The molecule has 1 aromatic heterocycles. The molecular weight excluding hydrogens is 194 g/mol. The Morgan fingerprint density at radius 2 is 2.20 bits per heavy atom. The van der Waals surface area contributed by atoms with Crippen LogP contribution >= 0.6 is 0 Å². The Labute approximate surface area is 88.6 Å². The standard InChI is InChI=1S/C11H15NO3/c1-3-4-5-15-11(14)10-6-9(7-12-10)8(2)13/h6-7,12H,3-5H2,1-2H3. The van der Waals surface area contributed by atoms with Gasteiger partial charge in [0.1, 0.15) is 5.69 Å². The average Bonchev–Trinajstić information content (AvgIpc) is 2.66. The number of unbranched alkanes of at least 4 members (excludes halogenated alkanes) is 1. The van der Waals surface area contributed by atoms with Gasteiger partial charge in [0, 0.05) is 11.8 Å². The highest BCUT2D eigenvalue weighted by atomic mass is 16.5. The number of hydrogen-bond acceptors (Lipinski definition) is 3. The summed E-state index contributed by atoms with van der Waals surface area (Å²) in [5.41, 5.74) is 0.828. The first-order chi connectivity index (χ1) is 7.15. The minimum atomic E-state index is -0.407. The molecule has 0 radical (unpaired) electrons. The molecule has 0 spiro atoms. The molecule has 1 heterocycles. The van der Waals surface area contributed by atoms with Crippen molar-refractivity contribution in [1.29, 1.82) is 0 Å². The molecule has 1 N–H and O–H groups in total. The summed E-state index contributed by atoms with van der Waals surface area (Å²) in [5, 5.41) is 0. The minimum absolute atomic E-state index is 0.0705. The normalized spacial score (nSPS) is 10.0. The number of H-pyrrole nitrogens is 1. The van der Waals surface area contributed by atoms with E-state index >= 15 is 0 Å². The topological polar surface area (TPSA) is 59.2 Å². The van der Waals surface area contributed by atoms with Crippen LogP contribution in [-0.4, -0.2) is 23.3 Å². The van der Waals surface area contributed by atoms with E-state index in [0.717, 1.165) is 12.8 Å². The largest absolute Gasteiger partial charge is 0.461 e. The molecule has 0 aliphatic rings. The maximum Gasteiger partial charge on any atom is 0.354 e. The number of hydrogen-bond donors (Lipinski definition) is 1. The molecular formula is C11H15NO3. The number of aromatic amines is 1. The van der Waals surface area contributed by atoms with E-state index in [1.807, 2.05) is 6.92 Å². The van der Waals surface area contributed by atoms with Gasteiger partial charge in [0.05, 0.1) is 6.61 Å². The van der Waals surface area contributed by atoms with Gasteiger partial charge in [-0.05, 0) is 19.4 Å². The molecule has 4 heteroatoms. The van der Waals surface area contributed by atoms with Crippen LogP contribution in [0.25, 0.3) is 0 Å². The van der Waals surface area contributed by atoms with E-state index in [-0.39, 0.29) is 5.78 Å². The third-order valence-corrected chi connectivity index (χ3v) is 2.04. The van der Waals surface area contributed by atoms with Crippen LogP contribution in [0.5, 0.6) is 0 Å². The van der Waals surface area contributed by atoms with Crippen molar-refractivity contribution in [3.8, 4) is 0 Å². The average molecular weight is 209 g/mol. The molecule has 0 aliphatic heterocycles. The number of carbonyl (C=O) groups excluding carboxylic acids is 2. The fraction of sp³-hybridized carbons (Fsp3) is 0.455. The van der Waals surface area contributed by atoms with Crippen LogP contribution in [-0.2, 0) is 4.74 Å². The van der Waals surface area contributed by atoms with Crippen molar-refractivity contribution in [2.45, 2.75) is 26.7 Å². The molecule has 0 aliphatic carbocycles. The molecule has 0 atom stereocenters. The summed E-state index contributed by atoms with van der Waals surface area (Å²) in [5.74, 6) is -0.477. The van der Waals surface area contributed by atoms with Crippen molar-refractivity contribution in [3.05, 3.63) is 23.5 Å². The van der Waals surface area contributed by atoms with Crippen LogP contribution in [0.1, 0.15) is 47.5 Å². The Morgan fingerprint density at radius 1 is 1.47 bits per heavy atom. The number of esters is 1. The summed E-state index contributed by atoms with van der Waals surface area (Å²) in [7, 11) is 0. The third-order valence-electron chi connectivity index (χ3n) is 2.04. The summed E-state index contributed by atoms with van der Waals surface area (Å²) in [6.45, 7) is 3.90. The zero-order valence-electron chi connectivity index (χ0n) is 9.00.